The highest BCUT2D eigenvalue weighted by Crippen LogP contribution is 2.44. The molecule has 0 unspecified atom stereocenters. The summed E-state index contributed by atoms with van der Waals surface area (Å²) in [5.41, 5.74) is -1.61. The van der Waals surface area contributed by atoms with E-state index in [4.69, 9.17) is 0 Å². The lowest BCUT2D eigenvalue weighted by Gasteiger charge is -2.62. The Morgan fingerprint density at radius 1 is 1.00 bits per heavy atom. The van der Waals surface area contributed by atoms with Crippen molar-refractivity contribution in [3.8, 4) is 0 Å². The van der Waals surface area contributed by atoms with Gasteiger partial charge in [-0.25, -0.2) is 0 Å². The van der Waals surface area contributed by atoms with Gasteiger partial charge in [0, 0.05) is 11.1 Å². The molecule has 1 rings (SSSR count). The number of hydrogen-bond acceptors (Lipinski definition) is 3. The van der Waals surface area contributed by atoms with Crippen LogP contribution in [0.4, 0.5) is 0 Å². The molecule has 0 spiro atoms. The summed E-state index contributed by atoms with van der Waals surface area (Å²) in [5, 5.41) is 24.2. The van der Waals surface area contributed by atoms with Crippen molar-refractivity contribution in [2.24, 2.45) is 0 Å². The molecule has 0 saturated carbocycles. The molecule has 0 aliphatic carbocycles. The van der Waals surface area contributed by atoms with Gasteiger partial charge in [0.1, 0.15) is 0 Å². The summed E-state index contributed by atoms with van der Waals surface area (Å²) in [5.74, 6) is 0. The van der Waals surface area contributed by atoms with Crippen LogP contribution in [-0.4, -0.2) is 26.8 Å². The first-order chi connectivity index (χ1) is 8.13. The molecule has 0 radical (unpaired) electrons. The van der Waals surface area contributed by atoms with Gasteiger partial charge >= 0.3 is 0 Å². The normalized spacial score (nSPS) is 26.2. The molecule has 18 heavy (non-hydrogen) atoms. The van der Waals surface area contributed by atoms with E-state index < -0.39 is 16.7 Å². The maximum absolute atomic E-state index is 12.2. The first kappa shape index (κ1) is 15.9. The molecule has 0 amide bonds. The molecule has 0 aromatic heterocycles. The van der Waals surface area contributed by atoms with Gasteiger partial charge in [-0.3, -0.25) is 0 Å². The van der Waals surface area contributed by atoms with Gasteiger partial charge < -0.3 is 15.4 Å². The quantitative estimate of drug-likeness (QED) is 0.760. The van der Waals surface area contributed by atoms with Gasteiger partial charge in [-0.2, -0.15) is 0 Å². The van der Waals surface area contributed by atoms with Crippen LogP contribution in [0.15, 0.2) is 0 Å². The minimum absolute atomic E-state index is 0.471. The highest BCUT2D eigenvalue weighted by molar-refractivity contribution is 5.06. The Labute approximate surface area is 112 Å². The maximum Gasteiger partial charge on any atom is 0.0682 e. The molecule has 1 aliphatic heterocycles. The molecule has 108 valence electrons. The number of nitrogens with zero attached hydrogens (tertiary/aromatic N) is 1. The molecule has 3 nitrogen and oxygen atoms in total. The molecular weight excluding hydrogens is 226 g/mol. The average molecular weight is 256 g/mol. The summed E-state index contributed by atoms with van der Waals surface area (Å²) in [6, 6.07) is 0. The first-order valence-electron chi connectivity index (χ1n) is 7.33. The van der Waals surface area contributed by atoms with Gasteiger partial charge in [0.25, 0.3) is 0 Å². The van der Waals surface area contributed by atoms with Crippen LogP contribution in [0.1, 0.15) is 79.6 Å². The third-order valence-electron chi connectivity index (χ3n) is 4.12. The number of hydrogen-bond donors (Lipinski definition) is 1. The fraction of sp³-hybridized carbons (Fsp3) is 1.00. The van der Waals surface area contributed by atoms with Crippen LogP contribution in [-0.2, 0) is 0 Å². The van der Waals surface area contributed by atoms with Crippen molar-refractivity contribution in [2.45, 2.75) is 96.2 Å². The highest BCUT2D eigenvalue weighted by atomic mass is 16.5. The predicted molar refractivity (Wildman–Crippen MR) is 76.3 cm³/mol. The second-order valence-electron chi connectivity index (χ2n) is 7.31. The van der Waals surface area contributed by atoms with E-state index >= 15 is 0 Å². The standard InChI is InChI=1S/C15H30NO2/c1-6-7-8-9-10-15(17)11-13(2,3)16(18)14(4,5)12-15/h17H,6-12H2,1-5H3/q-1. The number of piperidine rings is 1. The molecule has 0 bridgehead atoms. The van der Waals surface area contributed by atoms with Crippen LogP contribution in [0.3, 0.4) is 0 Å². The Balaban J connectivity index is 2.66. The van der Waals surface area contributed by atoms with Crippen molar-refractivity contribution in [3.63, 3.8) is 0 Å². The van der Waals surface area contributed by atoms with Crippen molar-refractivity contribution in [3.05, 3.63) is 5.21 Å². The maximum atomic E-state index is 12.2. The first-order valence-corrected chi connectivity index (χ1v) is 7.33. The summed E-state index contributed by atoms with van der Waals surface area (Å²) < 4.78 is 0. The second-order valence-corrected chi connectivity index (χ2v) is 7.31. The highest BCUT2D eigenvalue weighted by Gasteiger charge is 2.47. The average Bonchev–Trinajstić information content (AvgIpc) is 2.20. The fourth-order valence-electron chi connectivity index (χ4n) is 3.69. The van der Waals surface area contributed by atoms with E-state index in [0.29, 0.717) is 12.8 Å². The monoisotopic (exact) mass is 256 g/mol. The number of rotatable bonds is 5. The molecule has 0 aromatic rings. The molecule has 1 saturated heterocycles. The Hall–Kier alpha value is -0.120. The minimum Gasteiger partial charge on any atom is -0.784 e. The van der Waals surface area contributed by atoms with Gasteiger partial charge in [0.15, 0.2) is 0 Å². The summed E-state index contributed by atoms with van der Waals surface area (Å²) in [4.78, 5) is 0. The van der Waals surface area contributed by atoms with E-state index in [0.717, 1.165) is 12.8 Å². The summed E-state index contributed by atoms with van der Waals surface area (Å²) >= 11 is 0. The summed E-state index contributed by atoms with van der Waals surface area (Å²) in [6.07, 6.45) is 6.68. The lowest BCUT2D eigenvalue weighted by Crippen LogP contribution is -2.63. The Morgan fingerprint density at radius 2 is 1.50 bits per heavy atom. The molecule has 0 aromatic carbocycles. The zero-order chi connectivity index (χ0) is 14.0. The lowest BCUT2D eigenvalue weighted by atomic mass is 9.70. The van der Waals surface area contributed by atoms with E-state index in [1.54, 1.807) is 0 Å². The summed E-state index contributed by atoms with van der Waals surface area (Å²) in [6.45, 7) is 9.96. The molecule has 3 heteroatoms. The van der Waals surface area contributed by atoms with Crippen LogP contribution < -0.4 is 0 Å². The minimum atomic E-state index is -0.665. The number of unbranched alkanes of at least 4 members (excludes halogenated alkanes) is 3. The Bertz CT molecular complexity index is 256. The predicted octanol–water partition coefficient (Wildman–Crippen LogP) is 3.84. The van der Waals surface area contributed by atoms with Crippen molar-refractivity contribution in [2.75, 3.05) is 0 Å². The van der Waals surface area contributed by atoms with Gasteiger partial charge in [-0.05, 0) is 47.0 Å². The van der Waals surface area contributed by atoms with Crippen molar-refractivity contribution >= 4 is 0 Å². The van der Waals surface area contributed by atoms with Crippen LogP contribution in [0.25, 0.3) is 0 Å². The smallest absolute Gasteiger partial charge is 0.0682 e. The van der Waals surface area contributed by atoms with Gasteiger partial charge in [0.2, 0.25) is 0 Å². The zero-order valence-corrected chi connectivity index (χ0v) is 12.8. The van der Waals surface area contributed by atoms with E-state index in [2.05, 4.69) is 6.92 Å². The second kappa shape index (κ2) is 5.48. The van der Waals surface area contributed by atoms with Crippen molar-refractivity contribution in [1.29, 1.82) is 0 Å². The van der Waals surface area contributed by atoms with Crippen molar-refractivity contribution < 1.29 is 5.11 Å². The van der Waals surface area contributed by atoms with Gasteiger partial charge in [-0.15, -0.1) is 0 Å². The van der Waals surface area contributed by atoms with Crippen molar-refractivity contribution in [1.82, 2.24) is 5.06 Å². The lowest BCUT2D eigenvalue weighted by molar-refractivity contribution is -0.118. The Kier molecular flexibility index (Phi) is 4.85. The van der Waals surface area contributed by atoms with Crippen LogP contribution in [0.2, 0.25) is 0 Å². The van der Waals surface area contributed by atoms with E-state index in [1.807, 2.05) is 27.7 Å². The third-order valence-corrected chi connectivity index (χ3v) is 4.12. The van der Waals surface area contributed by atoms with Crippen LogP contribution >= 0.6 is 0 Å². The molecule has 1 fully saturated rings. The molecule has 1 aliphatic rings. The summed E-state index contributed by atoms with van der Waals surface area (Å²) in [7, 11) is 0. The fourth-order valence-corrected chi connectivity index (χ4v) is 3.69. The molecule has 1 N–H and O–H groups in total. The topological polar surface area (TPSA) is 46.5 Å². The molecule has 0 atom stereocenters. The third kappa shape index (κ3) is 3.69. The Morgan fingerprint density at radius 3 is 1.94 bits per heavy atom. The number of aliphatic hydroxyl groups is 1. The largest absolute Gasteiger partial charge is 0.784 e. The van der Waals surface area contributed by atoms with E-state index in [1.165, 1.54) is 24.3 Å². The SMILES string of the molecule is CCCCCCC1(O)CC(C)(C)N([O-])C(C)(C)C1. The van der Waals surface area contributed by atoms with Crippen LogP contribution in [0.5, 0.6) is 0 Å². The zero-order valence-electron chi connectivity index (χ0n) is 12.8. The van der Waals surface area contributed by atoms with Gasteiger partial charge in [0.05, 0.1) is 5.60 Å². The number of hydroxylamine groups is 2. The van der Waals surface area contributed by atoms with E-state index in [9.17, 15) is 10.3 Å². The van der Waals surface area contributed by atoms with Gasteiger partial charge in [-0.1, -0.05) is 32.6 Å². The molecule has 1 heterocycles. The van der Waals surface area contributed by atoms with E-state index in [-0.39, 0.29) is 0 Å². The molecular formula is C15H30NO2-. The van der Waals surface area contributed by atoms with Crippen LogP contribution in [0, 0.1) is 5.21 Å².